The van der Waals surface area contributed by atoms with Crippen LogP contribution in [-0.2, 0) is 17.8 Å². The van der Waals surface area contributed by atoms with Gasteiger partial charge in [-0.15, -0.1) is 0 Å². The molecule has 0 fully saturated rings. The quantitative estimate of drug-likeness (QED) is 0.302. The SMILES string of the molecule is CC(C)[C@H](NC(=O)N(C)Cc1ccccn1)C(=O)NC(CC(O)CCCc1ccccc1)c1ccccc1. The van der Waals surface area contributed by atoms with Crippen molar-refractivity contribution >= 4 is 11.9 Å². The minimum absolute atomic E-state index is 0.130. The third kappa shape index (κ3) is 9.30. The van der Waals surface area contributed by atoms with E-state index in [0.717, 1.165) is 24.1 Å². The van der Waals surface area contributed by atoms with Gasteiger partial charge in [0.15, 0.2) is 0 Å². The second-order valence-electron chi connectivity index (χ2n) is 10.1. The van der Waals surface area contributed by atoms with Crippen LogP contribution in [0.5, 0.6) is 0 Å². The molecule has 3 amide bonds. The molecule has 202 valence electrons. The molecule has 1 heterocycles. The Morgan fingerprint density at radius 2 is 1.58 bits per heavy atom. The van der Waals surface area contributed by atoms with Gasteiger partial charge < -0.3 is 20.6 Å². The zero-order valence-electron chi connectivity index (χ0n) is 22.6. The Balaban J connectivity index is 1.61. The van der Waals surface area contributed by atoms with E-state index in [4.69, 9.17) is 0 Å². The highest BCUT2D eigenvalue weighted by Gasteiger charge is 2.28. The summed E-state index contributed by atoms with van der Waals surface area (Å²) in [5.41, 5.74) is 2.93. The third-order valence-corrected chi connectivity index (χ3v) is 6.57. The van der Waals surface area contributed by atoms with E-state index in [9.17, 15) is 14.7 Å². The van der Waals surface area contributed by atoms with Crippen LogP contribution in [0, 0.1) is 5.92 Å². The molecule has 3 atom stereocenters. The van der Waals surface area contributed by atoms with Gasteiger partial charge in [-0.2, -0.15) is 0 Å². The van der Waals surface area contributed by atoms with Crippen LogP contribution in [0.2, 0.25) is 0 Å². The third-order valence-electron chi connectivity index (χ3n) is 6.57. The molecule has 0 aliphatic rings. The van der Waals surface area contributed by atoms with E-state index >= 15 is 0 Å². The van der Waals surface area contributed by atoms with Gasteiger partial charge in [0.05, 0.1) is 24.4 Å². The number of aliphatic hydroxyl groups is 1. The Labute approximate surface area is 226 Å². The van der Waals surface area contributed by atoms with Gasteiger partial charge in [0.2, 0.25) is 5.91 Å². The molecule has 7 nitrogen and oxygen atoms in total. The summed E-state index contributed by atoms with van der Waals surface area (Å²) in [5, 5.41) is 16.8. The lowest BCUT2D eigenvalue weighted by molar-refractivity contribution is -0.124. The number of pyridine rings is 1. The van der Waals surface area contributed by atoms with E-state index in [1.807, 2.05) is 80.6 Å². The summed E-state index contributed by atoms with van der Waals surface area (Å²) in [7, 11) is 1.68. The van der Waals surface area contributed by atoms with Gasteiger partial charge in [-0.25, -0.2) is 4.79 Å². The topological polar surface area (TPSA) is 94.6 Å². The number of aliphatic hydroxyl groups excluding tert-OH is 1. The summed E-state index contributed by atoms with van der Waals surface area (Å²) >= 11 is 0. The smallest absolute Gasteiger partial charge is 0.318 e. The fourth-order valence-electron chi connectivity index (χ4n) is 4.39. The molecular weight excluding hydrogens is 476 g/mol. The van der Waals surface area contributed by atoms with Crippen LogP contribution in [0.25, 0.3) is 0 Å². The molecule has 38 heavy (non-hydrogen) atoms. The number of benzene rings is 2. The maximum Gasteiger partial charge on any atom is 0.318 e. The van der Waals surface area contributed by atoms with Crippen molar-refractivity contribution in [1.82, 2.24) is 20.5 Å². The van der Waals surface area contributed by atoms with Crippen LogP contribution in [0.3, 0.4) is 0 Å². The van der Waals surface area contributed by atoms with Gasteiger partial charge in [0.1, 0.15) is 6.04 Å². The number of carbonyl (C=O) groups excluding carboxylic acids is 2. The van der Waals surface area contributed by atoms with E-state index in [0.29, 0.717) is 19.4 Å². The standard InChI is InChI=1S/C31H40N4O3/c1-23(2)29(34-31(38)35(3)22-26-18-10-11-20-32-26)30(37)33-28(25-16-8-5-9-17-25)21-27(36)19-12-15-24-13-6-4-7-14-24/h4-11,13-14,16-18,20,23,27-29,36H,12,15,19,21-22H2,1-3H3,(H,33,37)(H,34,38)/t27?,28?,29-/m0/s1. The van der Waals surface area contributed by atoms with Crippen molar-refractivity contribution in [3.05, 3.63) is 102 Å². The van der Waals surface area contributed by atoms with Crippen molar-refractivity contribution in [2.75, 3.05) is 7.05 Å². The summed E-state index contributed by atoms with van der Waals surface area (Å²) in [6.45, 7) is 4.14. The summed E-state index contributed by atoms with van der Waals surface area (Å²) in [6.07, 6.45) is 3.90. The number of nitrogens with zero attached hydrogens (tertiary/aromatic N) is 2. The fraction of sp³-hybridized carbons (Fsp3) is 0.387. The van der Waals surface area contributed by atoms with Crippen LogP contribution in [-0.4, -0.2) is 46.1 Å². The van der Waals surface area contributed by atoms with Crippen molar-refractivity contribution in [3.63, 3.8) is 0 Å². The zero-order valence-corrected chi connectivity index (χ0v) is 22.6. The molecule has 3 N–H and O–H groups in total. The van der Waals surface area contributed by atoms with E-state index < -0.39 is 12.1 Å². The Bertz CT molecular complexity index is 1110. The number of aromatic nitrogens is 1. The first-order valence-corrected chi connectivity index (χ1v) is 13.3. The lowest BCUT2D eigenvalue weighted by Crippen LogP contribution is -2.53. The van der Waals surface area contributed by atoms with Crippen molar-refractivity contribution in [3.8, 4) is 0 Å². The number of urea groups is 1. The van der Waals surface area contributed by atoms with Crippen molar-refractivity contribution in [2.45, 2.75) is 64.3 Å². The summed E-state index contributed by atoms with van der Waals surface area (Å²) in [5.74, 6) is -0.403. The highest BCUT2D eigenvalue weighted by atomic mass is 16.3. The van der Waals surface area contributed by atoms with Crippen LogP contribution >= 0.6 is 0 Å². The highest BCUT2D eigenvalue weighted by Crippen LogP contribution is 2.22. The first kappa shape index (κ1) is 28.9. The lowest BCUT2D eigenvalue weighted by Gasteiger charge is -2.28. The number of aryl methyl sites for hydroxylation is 1. The maximum absolute atomic E-state index is 13.4. The molecule has 0 saturated carbocycles. The van der Waals surface area contributed by atoms with E-state index in [1.54, 1.807) is 13.2 Å². The van der Waals surface area contributed by atoms with Gasteiger partial charge in [-0.3, -0.25) is 9.78 Å². The van der Waals surface area contributed by atoms with Gasteiger partial charge in [-0.05, 0) is 54.9 Å². The highest BCUT2D eigenvalue weighted by molar-refractivity contribution is 5.87. The number of carbonyl (C=O) groups is 2. The Kier molecular flexibility index (Phi) is 11.3. The van der Waals surface area contributed by atoms with Gasteiger partial charge in [0.25, 0.3) is 0 Å². The van der Waals surface area contributed by atoms with Gasteiger partial charge in [0, 0.05) is 13.2 Å². The Morgan fingerprint density at radius 3 is 2.21 bits per heavy atom. The molecule has 3 rings (SSSR count). The molecule has 0 radical (unpaired) electrons. The lowest BCUT2D eigenvalue weighted by atomic mass is 9.96. The molecule has 2 aromatic carbocycles. The largest absolute Gasteiger partial charge is 0.393 e. The van der Waals surface area contributed by atoms with Crippen molar-refractivity contribution in [2.24, 2.45) is 5.92 Å². The number of amides is 3. The van der Waals surface area contributed by atoms with Crippen LogP contribution in [0.1, 0.15) is 56.0 Å². The van der Waals surface area contributed by atoms with Crippen LogP contribution in [0.15, 0.2) is 85.1 Å². The average Bonchev–Trinajstić information content (AvgIpc) is 2.92. The number of rotatable bonds is 13. The van der Waals surface area contributed by atoms with E-state index in [1.165, 1.54) is 10.5 Å². The predicted molar refractivity (Wildman–Crippen MR) is 150 cm³/mol. The Hall–Kier alpha value is -3.71. The van der Waals surface area contributed by atoms with Gasteiger partial charge in [-0.1, -0.05) is 80.6 Å². The van der Waals surface area contributed by atoms with Crippen molar-refractivity contribution < 1.29 is 14.7 Å². The van der Waals surface area contributed by atoms with Gasteiger partial charge >= 0.3 is 6.03 Å². The zero-order chi connectivity index (χ0) is 27.3. The molecule has 0 aliphatic heterocycles. The van der Waals surface area contributed by atoms with Crippen molar-refractivity contribution in [1.29, 1.82) is 0 Å². The molecule has 0 bridgehead atoms. The minimum Gasteiger partial charge on any atom is -0.393 e. The second-order valence-corrected chi connectivity index (χ2v) is 10.1. The summed E-state index contributed by atoms with van der Waals surface area (Å²) in [4.78, 5) is 32.1. The molecule has 2 unspecified atom stereocenters. The normalized spacial score (nSPS) is 13.4. The van der Waals surface area contributed by atoms with E-state index in [2.05, 4.69) is 27.8 Å². The number of hydrogen-bond acceptors (Lipinski definition) is 4. The maximum atomic E-state index is 13.4. The number of nitrogens with one attached hydrogen (secondary N) is 2. The molecule has 0 aliphatic carbocycles. The van der Waals surface area contributed by atoms with Crippen LogP contribution < -0.4 is 10.6 Å². The molecule has 1 aromatic heterocycles. The first-order chi connectivity index (χ1) is 18.3. The summed E-state index contributed by atoms with van der Waals surface area (Å²) < 4.78 is 0. The average molecular weight is 517 g/mol. The predicted octanol–water partition coefficient (Wildman–Crippen LogP) is 4.88. The van der Waals surface area contributed by atoms with Crippen LogP contribution in [0.4, 0.5) is 4.79 Å². The number of hydrogen-bond donors (Lipinski definition) is 3. The fourth-order valence-corrected chi connectivity index (χ4v) is 4.39. The summed E-state index contributed by atoms with van der Waals surface area (Å²) in [6, 6.07) is 24.0. The van der Waals surface area contributed by atoms with E-state index in [-0.39, 0.29) is 23.9 Å². The molecule has 7 heteroatoms. The minimum atomic E-state index is -0.727. The molecule has 0 saturated heterocycles. The second kappa shape index (κ2) is 14.9. The molecule has 0 spiro atoms. The molecular formula is C31H40N4O3. The first-order valence-electron chi connectivity index (χ1n) is 13.3. The molecule has 3 aromatic rings. The Morgan fingerprint density at radius 1 is 0.921 bits per heavy atom. The monoisotopic (exact) mass is 516 g/mol.